The molecule has 10 heteroatoms. The summed E-state index contributed by atoms with van der Waals surface area (Å²) in [5, 5.41) is 0. The van der Waals surface area contributed by atoms with E-state index in [1.165, 1.54) is 6.07 Å². The Morgan fingerprint density at radius 2 is 1.63 bits per heavy atom. The Balaban J connectivity index is 2.21. The maximum atomic E-state index is 14.2. The van der Waals surface area contributed by atoms with Crippen molar-refractivity contribution < 1.29 is 26.0 Å². The van der Waals surface area contributed by atoms with Crippen LogP contribution in [0.3, 0.4) is 0 Å². The molecule has 0 unspecified atom stereocenters. The van der Waals surface area contributed by atoms with Crippen LogP contribution in [0, 0.1) is 5.82 Å². The first-order chi connectivity index (χ1) is 12.5. The molecule has 0 aliphatic carbocycles. The first kappa shape index (κ1) is 19.6. The van der Waals surface area contributed by atoms with Crippen molar-refractivity contribution in [2.45, 2.75) is 11.1 Å². The van der Waals surface area contributed by atoms with E-state index in [1.54, 1.807) is 24.3 Å². The number of halogens is 5. The third-order valence-electron chi connectivity index (χ3n) is 3.71. The van der Waals surface area contributed by atoms with E-state index >= 15 is 0 Å². The topological polar surface area (TPSA) is 62.8 Å². The molecule has 4 nitrogen and oxygen atoms in total. The van der Waals surface area contributed by atoms with E-state index in [0.29, 0.717) is 5.56 Å². The van der Waals surface area contributed by atoms with Crippen molar-refractivity contribution in [2.24, 2.45) is 0 Å². The van der Waals surface area contributed by atoms with E-state index in [2.05, 4.69) is 25.9 Å². The summed E-state index contributed by atoms with van der Waals surface area (Å²) in [5.41, 5.74) is 0.332. The molecule has 0 atom stereocenters. The number of rotatable bonds is 3. The summed E-state index contributed by atoms with van der Waals surface area (Å²) in [5.74, 6) is -2.30. The molecule has 0 aliphatic rings. The van der Waals surface area contributed by atoms with Gasteiger partial charge in [-0.05, 0) is 24.3 Å². The molecule has 0 bridgehead atoms. The molecule has 142 valence electrons. The molecule has 0 saturated carbocycles. The lowest BCUT2D eigenvalue weighted by atomic mass is 10.1. The highest BCUT2D eigenvalue weighted by molar-refractivity contribution is 9.10. The number of imidazole rings is 1. The Bertz CT molecular complexity index is 1110. The molecule has 27 heavy (non-hydrogen) atoms. The van der Waals surface area contributed by atoms with Gasteiger partial charge in [-0.3, -0.25) is 0 Å². The van der Waals surface area contributed by atoms with Crippen LogP contribution >= 0.6 is 15.9 Å². The van der Waals surface area contributed by atoms with Gasteiger partial charge in [0, 0.05) is 21.9 Å². The van der Waals surface area contributed by atoms with Gasteiger partial charge in [-0.2, -0.15) is 13.2 Å². The molecule has 1 aromatic heterocycles. The number of hydrogen-bond acceptors (Lipinski definition) is 3. The lowest BCUT2D eigenvalue weighted by Crippen LogP contribution is -2.07. The van der Waals surface area contributed by atoms with E-state index in [1.807, 2.05) is 0 Å². The first-order valence-corrected chi connectivity index (χ1v) is 10.1. The fourth-order valence-corrected chi connectivity index (χ4v) is 3.48. The van der Waals surface area contributed by atoms with Gasteiger partial charge in [0.05, 0.1) is 11.4 Å². The van der Waals surface area contributed by atoms with E-state index in [0.717, 1.165) is 22.9 Å². The second-order valence-corrected chi connectivity index (χ2v) is 8.63. The third kappa shape index (κ3) is 4.06. The van der Waals surface area contributed by atoms with Crippen LogP contribution in [0.5, 0.6) is 0 Å². The summed E-state index contributed by atoms with van der Waals surface area (Å²) in [6.45, 7) is 0. The van der Waals surface area contributed by atoms with Crippen LogP contribution in [0.15, 0.2) is 51.8 Å². The van der Waals surface area contributed by atoms with Gasteiger partial charge in [0.1, 0.15) is 10.7 Å². The minimum atomic E-state index is -4.73. The van der Waals surface area contributed by atoms with E-state index in [-0.39, 0.29) is 17.0 Å². The zero-order valence-electron chi connectivity index (χ0n) is 13.6. The standard InChI is InChI=1S/C17H11BrF4N2O2S/c1-27(25,26)13-7-4-10(8-12(13)19)15-14(9-2-5-11(18)6-3-9)23-16(24-15)17(20,21)22/h2-8H,1H3,(H,23,24). The van der Waals surface area contributed by atoms with E-state index < -0.39 is 32.6 Å². The van der Waals surface area contributed by atoms with Crippen molar-refractivity contribution in [2.75, 3.05) is 6.26 Å². The lowest BCUT2D eigenvalue weighted by Gasteiger charge is -2.06. The summed E-state index contributed by atoms with van der Waals surface area (Å²) in [6, 6.07) is 9.51. The lowest BCUT2D eigenvalue weighted by molar-refractivity contribution is -0.144. The van der Waals surface area contributed by atoms with Crippen LogP contribution < -0.4 is 0 Å². The van der Waals surface area contributed by atoms with Crippen LogP contribution in [0.2, 0.25) is 0 Å². The van der Waals surface area contributed by atoms with Crippen molar-refractivity contribution in [1.82, 2.24) is 9.97 Å². The highest BCUT2D eigenvalue weighted by Crippen LogP contribution is 2.36. The van der Waals surface area contributed by atoms with Gasteiger partial charge < -0.3 is 4.98 Å². The van der Waals surface area contributed by atoms with Crippen LogP contribution in [-0.2, 0) is 16.0 Å². The zero-order chi connectivity index (χ0) is 20.0. The molecule has 1 N–H and O–H groups in total. The average molecular weight is 463 g/mol. The summed E-state index contributed by atoms with van der Waals surface area (Å²) in [6.07, 6.45) is -3.89. The van der Waals surface area contributed by atoms with E-state index in [4.69, 9.17) is 0 Å². The van der Waals surface area contributed by atoms with Crippen LogP contribution in [0.1, 0.15) is 5.82 Å². The number of hydrogen-bond donors (Lipinski definition) is 1. The normalized spacial score (nSPS) is 12.4. The van der Waals surface area contributed by atoms with Gasteiger partial charge in [0.2, 0.25) is 5.82 Å². The monoisotopic (exact) mass is 462 g/mol. The summed E-state index contributed by atoms with van der Waals surface area (Å²) < 4.78 is 77.4. The number of benzene rings is 2. The third-order valence-corrected chi connectivity index (χ3v) is 5.37. The zero-order valence-corrected chi connectivity index (χ0v) is 16.0. The second-order valence-electron chi connectivity index (χ2n) is 5.73. The highest BCUT2D eigenvalue weighted by atomic mass is 79.9. The molecule has 2 aromatic carbocycles. The van der Waals surface area contributed by atoms with Crippen LogP contribution in [0.4, 0.5) is 17.6 Å². The van der Waals surface area contributed by atoms with Gasteiger partial charge in [0.25, 0.3) is 0 Å². The number of H-pyrrole nitrogens is 1. The molecular formula is C17H11BrF4N2O2S. The minimum Gasteiger partial charge on any atom is -0.334 e. The van der Waals surface area contributed by atoms with Gasteiger partial charge in [-0.15, -0.1) is 0 Å². The SMILES string of the molecule is CS(=O)(=O)c1ccc(-c2nc(C(F)(F)F)[nH]c2-c2ccc(Br)cc2)cc1F. The van der Waals surface area contributed by atoms with Crippen molar-refractivity contribution in [1.29, 1.82) is 0 Å². The molecule has 3 rings (SSSR count). The Kier molecular flexibility index (Phi) is 4.89. The van der Waals surface area contributed by atoms with Crippen LogP contribution in [-0.4, -0.2) is 24.6 Å². The molecule has 0 radical (unpaired) electrons. The van der Waals surface area contributed by atoms with Gasteiger partial charge in [-0.1, -0.05) is 34.1 Å². The fraction of sp³-hybridized carbons (Fsp3) is 0.118. The Hall–Kier alpha value is -2.20. The first-order valence-electron chi connectivity index (χ1n) is 7.40. The second kappa shape index (κ2) is 6.75. The highest BCUT2D eigenvalue weighted by Gasteiger charge is 2.36. The molecular weight excluding hydrogens is 452 g/mol. The predicted octanol–water partition coefficient (Wildman–Crippen LogP) is 5.07. The quantitative estimate of drug-likeness (QED) is 0.552. The Morgan fingerprint density at radius 3 is 2.15 bits per heavy atom. The van der Waals surface area contributed by atoms with Gasteiger partial charge in [-0.25, -0.2) is 17.8 Å². The number of nitrogens with one attached hydrogen (secondary N) is 1. The molecule has 0 fully saturated rings. The molecule has 3 aromatic rings. The summed E-state index contributed by atoms with van der Waals surface area (Å²) >= 11 is 3.24. The number of aromatic nitrogens is 2. The number of sulfone groups is 1. The molecule has 0 aliphatic heterocycles. The number of alkyl halides is 3. The van der Waals surface area contributed by atoms with Crippen LogP contribution in [0.25, 0.3) is 22.5 Å². The number of nitrogens with zero attached hydrogens (tertiary/aromatic N) is 1. The van der Waals surface area contributed by atoms with Crippen molar-refractivity contribution >= 4 is 25.8 Å². The van der Waals surface area contributed by atoms with Gasteiger partial charge in [0.15, 0.2) is 9.84 Å². The maximum Gasteiger partial charge on any atom is 0.449 e. The smallest absolute Gasteiger partial charge is 0.334 e. The summed E-state index contributed by atoms with van der Waals surface area (Å²) in [4.78, 5) is 5.26. The Morgan fingerprint density at radius 1 is 1.04 bits per heavy atom. The summed E-state index contributed by atoms with van der Waals surface area (Å²) in [7, 11) is -3.81. The predicted molar refractivity (Wildman–Crippen MR) is 95.2 cm³/mol. The molecule has 0 spiro atoms. The average Bonchev–Trinajstić information content (AvgIpc) is 2.99. The molecule has 0 amide bonds. The fourth-order valence-electron chi connectivity index (χ4n) is 2.49. The Labute approximate surface area is 160 Å². The van der Waals surface area contributed by atoms with Crippen molar-refractivity contribution in [3.63, 3.8) is 0 Å². The number of aromatic amines is 1. The van der Waals surface area contributed by atoms with Gasteiger partial charge >= 0.3 is 6.18 Å². The molecule has 0 saturated heterocycles. The largest absolute Gasteiger partial charge is 0.449 e. The van der Waals surface area contributed by atoms with Crippen molar-refractivity contribution in [3.05, 3.63) is 58.6 Å². The minimum absolute atomic E-state index is 0.0181. The van der Waals surface area contributed by atoms with Crippen molar-refractivity contribution in [3.8, 4) is 22.5 Å². The maximum absolute atomic E-state index is 14.2. The molecule has 1 heterocycles. The van der Waals surface area contributed by atoms with E-state index in [9.17, 15) is 26.0 Å².